The number of thiazole rings is 1. The number of carbonyl (C=O) groups is 1. The zero-order valence-corrected chi connectivity index (χ0v) is 19.3. The first kappa shape index (κ1) is 24.0. The van der Waals surface area contributed by atoms with Gasteiger partial charge in [-0.2, -0.15) is 4.39 Å². The van der Waals surface area contributed by atoms with E-state index in [9.17, 15) is 26.4 Å². The predicted molar refractivity (Wildman–Crippen MR) is 121 cm³/mol. The van der Waals surface area contributed by atoms with Crippen LogP contribution in [-0.2, 0) is 14.6 Å². The SMILES string of the molecule is O=C(Nc1ncc(F)s1)C(Oc1ccc(F)cc1F)c1ccc(S(=O)(=O)C2=CCCCC2)cc1. The number of ether oxygens (including phenoxy) is 1. The van der Waals surface area contributed by atoms with Gasteiger partial charge in [-0.15, -0.1) is 0 Å². The lowest BCUT2D eigenvalue weighted by Gasteiger charge is -2.19. The maximum Gasteiger partial charge on any atom is 0.271 e. The second-order valence-corrected chi connectivity index (χ2v) is 10.5. The van der Waals surface area contributed by atoms with Gasteiger partial charge in [-0.1, -0.05) is 29.5 Å². The van der Waals surface area contributed by atoms with Crippen LogP contribution in [0.4, 0.5) is 18.3 Å². The minimum Gasteiger partial charge on any atom is -0.473 e. The number of rotatable bonds is 7. The molecule has 4 rings (SSSR count). The number of nitrogens with zero attached hydrogens (tertiary/aromatic N) is 1. The number of amides is 1. The quantitative estimate of drug-likeness (QED) is 0.452. The highest BCUT2D eigenvalue weighted by Crippen LogP contribution is 2.31. The first-order valence-electron chi connectivity index (χ1n) is 10.3. The largest absolute Gasteiger partial charge is 0.473 e. The molecule has 3 aromatic rings. The topological polar surface area (TPSA) is 85.4 Å². The zero-order chi connectivity index (χ0) is 24.3. The molecule has 1 amide bonds. The molecule has 0 spiro atoms. The third-order valence-electron chi connectivity index (χ3n) is 5.17. The first-order valence-corrected chi connectivity index (χ1v) is 12.6. The maximum absolute atomic E-state index is 14.2. The van der Waals surface area contributed by atoms with E-state index >= 15 is 0 Å². The number of hydrogen-bond donors (Lipinski definition) is 1. The summed E-state index contributed by atoms with van der Waals surface area (Å²) in [6, 6.07) is 8.05. The van der Waals surface area contributed by atoms with Crippen LogP contribution < -0.4 is 10.1 Å². The molecule has 1 aliphatic carbocycles. The van der Waals surface area contributed by atoms with Gasteiger partial charge in [0.25, 0.3) is 5.91 Å². The zero-order valence-electron chi connectivity index (χ0n) is 17.6. The van der Waals surface area contributed by atoms with E-state index in [1.807, 2.05) is 0 Å². The van der Waals surface area contributed by atoms with Crippen LogP contribution in [0.5, 0.6) is 5.75 Å². The van der Waals surface area contributed by atoms with Gasteiger partial charge in [0.15, 0.2) is 21.8 Å². The van der Waals surface area contributed by atoms with Crippen LogP contribution in [0.3, 0.4) is 0 Å². The van der Waals surface area contributed by atoms with Gasteiger partial charge >= 0.3 is 0 Å². The van der Waals surface area contributed by atoms with E-state index in [4.69, 9.17) is 4.74 Å². The summed E-state index contributed by atoms with van der Waals surface area (Å²) >= 11 is 0.587. The van der Waals surface area contributed by atoms with Crippen molar-refractivity contribution >= 4 is 32.2 Å². The van der Waals surface area contributed by atoms with E-state index in [2.05, 4.69) is 10.3 Å². The third kappa shape index (κ3) is 5.31. The van der Waals surface area contributed by atoms with E-state index in [1.165, 1.54) is 24.3 Å². The first-order chi connectivity index (χ1) is 16.2. The number of anilines is 1. The van der Waals surface area contributed by atoms with Crippen LogP contribution in [0.25, 0.3) is 0 Å². The van der Waals surface area contributed by atoms with Gasteiger partial charge in [0, 0.05) is 16.5 Å². The van der Waals surface area contributed by atoms with Crippen molar-refractivity contribution in [1.82, 2.24) is 4.98 Å². The number of sulfone groups is 1. The Morgan fingerprint density at radius 1 is 1.09 bits per heavy atom. The molecular formula is C23H19F3N2O4S2. The lowest BCUT2D eigenvalue weighted by Crippen LogP contribution is -2.26. The normalized spacial score (nSPS) is 14.9. The molecule has 1 aromatic heterocycles. The Balaban J connectivity index is 1.64. The minimum absolute atomic E-state index is 0.0425. The Morgan fingerprint density at radius 3 is 2.47 bits per heavy atom. The molecule has 11 heteroatoms. The lowest BCUT2D eigenvalue weighted by atomic mass is 10.1. The van der Waals surface area contributed by atoms with E-state index in [0.717, 1.165) is 31.2 Å². The van der Waals surface area contributed by atoms with E-state index in [0.29, 0.717) is 35.1 Å². The number of nitrogens with one attached hydrogen (secondary N) is 1. The van der Waals surface area contributed by atoms with Crippen molar-refractivity contribution < 1.29 is 31.1 Å². The standard InChI is InChI=1S/C23H19F3N2O4S2/c24-15-8-11-19(18(25)12-15)32-21(22(29)28-23-27-13-20(26)33-23)14-6-9-17(10-7-14)34(30,31)16-4-2-1-3-5-16/h4,6-13,21H,1-3,5H2,(H,27,28,29). The molecule has 2 aromatic carbocycles. The fraction of sp³-hybridized carbons (Fsp3) is 0.217. The molecule has 0 fully saturated rings. The Labute approximate surface area is 198 Å². The molecular weight excluding hydrogens is 489 g/mol. The summed E-state index contributed by atoms with van der Waals surface area (Å²) in [7, 11) is -3.67. The highest BCUT2D eigenvalue weighted by Gasteiger charge is 2.27. The van der Waals surface area contributed by atoms with Crippen molar-refractivity contribution in [2.45, 2.75) is 36.7 Å². The van der Waals surface area contributed by atoms with Crippen LogP contribution in [-0.4, -0.2) is 19.3 Å². The molecule has 6 nitrogen and oxygen atoms in total. The maximum atomic E-state index is 14.2. The summed E-state index contributed by atoms with van der Waals surface area (Å²) in [5.74, 6) is -3.04. The number of carbonyl (C=O) groups excluding carboxylic acids is 1. The molecule has 0 bridgehead atoms. The predicted octanol–water partition coefficient (Wildman–Crippen LogP) is 5.55. The molecule has 1 heterocycles. The summed E-state index contributed by atoms with van der Waals surface area (Å²) in [6.45, 7) is 0. The van der Waals surface area contributed by atoms with E-state index in [1.54, 1.807) is 6.08 Å². The van der Waals surface area contributed by atoms with Crippen molar-refractivity contribution in [2.75, 3.05) is 5.32 Å². The van der Waals surface area contributed by atoms with Gasteiger partial charge in [-0.3, -0.25) is 10.1 Å². The molecule has 34 heavy (non-hydrogen) atoms. The van der Waals surface area contributed by atoms with Crippen molar-refractivity contribution in [2.24, 2.45) is 0 Å². The van der Waals surface area contributed by atoms with E-state index in [-0.39, 0.29) is 15.6 Å². The lowest BCUT2D eigenvalue weighted by molar-refractivity contribution is -0.123. The molecule has 0 saturated heterocycles. The van der Waals surface area contributed by atoms with Crippen molar-refractivity contribution in [3.63, 3.8) is 0 Å². The molecule has 1 unspecified atom stereocenters. The van der Waals surface area contributed by atoms with Crippen LogP contribution >= 0.6 is 11.3 Å². The summed E-state index contributed by atoms with van der Waals surface area (Å²) in [5, 5.41) is 1.72. The molecule has 1 N–H and O–H groups in total. The molecule has 1 aliphatic rings. The second-order valence-electron chi connectivity index (χ2n) is 7.52. The number of benzene rings is 2. The monoisotopic (exact) mass is 508 g/mol. The Kier molecular flexibility index (Phi) is 7.03. The van der Waals surface area contributed by atoms with Crippen LogP contribution in [0.1, 0.15) is 37.4 Å². The average molecular weight is 509 g/mol. The Morgan fingerprint density at radius 2 is 1.85 bits per heavy atom. The molecule has 1 atom stereocenters. The van der Waals surface area contributed by atoms with Gasteiger partial charge in [0.1, 0.15) is 5.82 Å². The number of aromatic nitrogens is 1. The molecule has 0 aliphatic heterocycles. The number of hydrogen-bond acceptors (Lipinski definition) is 6. The molecule has 0 saturated carbocycles. The Hall–Kier alpha value is -3.18. The summed E-state index contributed by atoms with van der Waals surface area (Å²) in [5.41, 5.74) is 0.204. The van der Waals surface area contributed by atoms with Gasteiger partial charge in [0.05, 0.1) is 11.1 Å². The highest BCUT2D eigenvalue weighted by atomic mass is 32.2. The third-order valence-corrected chi connectivity index (χ3v) is 7.83. The van der Waals surface area contributed by atoms with Gasteiger partial charge < -0.3 is 4.74 Å². The summed E-state index contributed by atoms with van der Waals surface area (Å²) < 4.78 is 72.1. The van der Waals surface area contributed by atoms with Gasteiger partial charge in [0.2, 0.25) is 15.9 Å². The van der Waals surface area contributed by atoms with Crippen molar-refractivity contribution in [1.29, 1.82) is 0 Å². The van der Waals surface area contributed by atoms with Crippen LogP contribution in [0.15, 0.2) is 64.5 Å². The average Bonchev–Trinajstić information content (AvgIpc) is 3.23. The smallest absolute Gasteiger partial charge is 0.271 e. The number of halogens is 3. The van der Waals surface area contributed by atoms with Crippen LogP contribution in [0, 0.1) is 16.8 Å². The fourth-order valence-corrected chi connectivity index (χ4v) is 5.57. The van der Waals surface area contributed by atoms with Crippen molar-refractivity contribution in [3.05, 3.63) is 82.0 Å². The van der Waals surface area contributed by atoms with Crippen molar-refractivity contribution in [3.8, 4) is 5.75 Å². The minimum atomic E-state index is -3.67. The molecule has 0 radical (unpaired) electrons. The van der Waals surface area contributed by atoms with Crippen LogP contribution in [0.2, 0.25) is 0 Å². The Bertz CT molecular complexity index is 1340. The van der Waals surface area contributed by atoms with E-state index < -0.39 is 44.4 Å². The summed E-state index contributed by atoms with van der Waals surface area (Å²) in [4.78, 5) is 17.0. The van der Waals surface area contributed by atoms with Gasteiger partial charge in [-0.25, -0.2) is 22.2 Å². The fourth-order valence-electron chi connectivity index (χ4n) is 3.48. The summed E-state index contributed by atoms with van der Waals surface area (Å²) in [6.07, 6.45) is 4.08. The highest BCUT2D eigenvalue weighted by molar-refractivity contribution is 7.95. The number of allylic oxidation sites excluding steroid dienone is 2. The molecule has 178 valence electrons. The van der Waals surface area contributed by atoms with Gasteiger partial charge in [-0.05, 0) is 49.9 Å². The second kappa shape index (κ2) is 9.98.